The van der Waals surface area contributed by atoms with Crippen molar-refractivity contribution in [3.05, 3.63) is 11.5 Å². The molecule has 0 aromatic heterocycles. The molecule has 2 unspecified atom stereocenters. The number of carbonyl (C=O) groups is 2. The van der Waals surface area contributed by atoms with Crippen molar-refractivity contribution in [2.24, 2.45) is 10.8 Å². The van der Waals surface area contributed by atoms with Gasteiger partial charge in [0.1, 0.15) is 0 Å². The van der Waals surface area contributed by atoms with Crippen LogP contribution in [0.2, 0.25) is 0 Å². The van der Waals surface area contributed by atoms with Crippen LogP contribution in [0, 0.1) is 10.8 Å². The van der Waals surface area contributed by atoms with Crippen LogP contribution in [0.5, 0.6) is 0 Å². The fourth-order valence-corrected chi connectivity index (χ4v) is 3.35. The van der Waals surface area contributed by atoms with E-state index in [1.165, 1.54) is 25.7 Å². The van der Waals surface area contributed by atoms with E-state index in [9.17, 15) is 9.59 Å². The zero-order valence-corrected chi connectivity index (χ0v) is 24.4. The number of hydrogen-bond acceptors (Lipinski definition) is 2. The second-order valence-corrected chi connectivity index (χ2v) is 11.5. The molecule has 200 valence electrons. The first-order chi connectivity index (χ1) is 14.6. The average Bonchev–Trinajstić information content (AvgIpc) is 2.62. The molecule has 4 N–H and O–H groups in total. The molecule has 6 nitrogen and oxygen atoms in total. The summed E-state index contributed by atoms with van der Waals surface area (Å²) in [6.07, 6.45) is 13.3. The van der Waals surface area contributed by atoms with Gasteiger partial charge in [-0.2, -0.15) is 12.1 Å². The van der Waals surface area contributed by atoms with Gasteiger partial charge in [-0.1, -0.05) is 92.9 Å². The third-order valence-electron chi connectivity index (χ3n) is 5.40. The van der Waals surface area contributed by atoms with Crippen LogP contribution >= 0.6 is 0 Å². The summed E-state index contributed by atoms with van der Waals surface area (Å²) in [6, 6.07) is -0.160. The zero-order chi connectivity index (χ0) is 25.2. The molecule has 0 bridgehead atoms. The molecule has 1 aliphatic carbocycles. The molecule has 1 rings (SSSR count). The van der Waals surface area contributed by atoms with Crippen molar-refractivity contribution in [1.82, 2.24) is 0 Å². The van der Waals surface area contributed by atoms with E-state index in [0.29, 0.717) is 23.7 Å². The first-order valence-electron chi connectivity index (χ1n) is 12.5. The van der Waals surface area contributed by atoms with E-state index in [-0.39, 0.29) is 33.1 Å². The van der Waals surface area contributed by atoms with Crippen molar-refractivity contribution in [3.63, 3.8) is 0 Å². The number of hydrogen-bond donors (Lipinski definition) is 2. The van der Waals surface area contributed by atoms with E-state index in [0.717, 1.165) is 51.4 Å². The number of carboxylic acids is 2. The minimum atomic E-state index is -0.675. The zero-order valence-electron chi connectivity index (χ0n) is 22.1. The van der Waals surface area contributed by atoms with Gasteiger partial charge < -0.3 is 21.7 Å². The summed E-state index contributed by atoms with van der Waals surface area (Å²) in [4.78, 5) is 20.3. The quantitative estimate of drug-likeness (QED) is 0.230. The maximum Gasteiger partial charge on any atom is 2.00 e. The number of nitrogens with one attached hydrogen (secondary N) is 2. The normalized spacial score (nSPS) is 18.1. The van der Waals surface area contributed by atoms with E-state index in [4.69, 9.17) is 21.7 Å². The molecule has 33 heavy (non-hydrogen) atoms. The van der Waals surface area contributed by atoms with Crippen LogP contribution in [0.1, 0.15) is 131 Å². The first kappa shape index (κ1) is 37.1. The van der Waals surface area contributed by atoms with Crippen LogP contribution in [0.15, 0.2) is 0 Å². The maximum absolute atomic E-state index is 10.2. The van der Waals surface area contributed by atoms with Crippen LogP contribution in [0.25, 0.3) is 11.5 Å². The minimum absolute atomic E-state index is 0. The SMILES string of the molecule is CC(C)(C)CCCCCC(=O)O.CC(C)(C)CCCCCC(=O)O.[NH-]C1CCCCC1[NH-].[Pt+2]. The standard InChI is InChI=1S/2C10H20O2.C6H12N2.Pt/c2*1-10(2,3)8-6-4-5-7-9(11)12;7-5-3-1-2-4-6(5)8;/h2*4-8H2,1-3H3,(H,11,12);5-8H,1-4H2;/q;;-2;+2. The molecular weight excluding hydrogens is 599 g/mol. The summed E-state index contributed by atoms with van der Waals surface area (Å²) >= 11 is 0. The van der Waals surface area contributed by atoms with Crippen LogP contribution in [-0.4, -0.2) is 34.2 Å². The molecule has 0 heterocycles. The van der Waals surface area contributed by atoms with Crippen molar-refractivity contribution in [2.75, 3.05) is 0 Å². The van der Waals surface area contributed by atoms with E-state index in [2.05, 4.69) is 41.5 Å². The Kier molecular flexibility index (Phi) is 23.5. The summed E-state index contributed by atoms with van der Waals surface area (Å²) in [5.74, 6) is -1.35. The summed E-state index contributed by atoms with van der Waals surface area (Å²) in [6.45, 7) is 13.3. The molecule has 7 heteroatoms. The molecule has 0 aromatic rings. The van der Waals surface area contributed by atoms with Gasteiger partial charge in [-0.05, 0) is 36.5 Å². The summed E-state index contributed by atoms with van der Waals surface area (Å²) in [5.41, 5.74) is 15.4. The van der Waals surface area contributed by atoms with E-state index < -0.39 is 11.9 Å². The first-order valence-corrected chi connectivity index (χ1v) is 12.5. The molecule has 2 atom stereocenters. The molecule has 1 saturated carbocycles. The van der Waals surface area contributed by atoms with Gasteiger partial charge in [0.2, 0.25) is 0 Å². The second kappa shape index (κ2) is 20.9. The number of rotatable bonds is 10. The average molecular weight is 652 g/mol. The Labute approximate surface area is 218 Å². The molecule has 0 aromatic carbocycles. The molecule has 1 aliphatic rings. The van der Waals surface area contributed by atoms with Gasteiger partial charge in [0.15, 0.2) is 0 Å². The summed E-state index contributed by atoms with van der Waals surface area (Å²) < 4.78 is 0. The van der Waals surface area contributed by atoms with Crippen LogP contribution < -0.4 is 0 Å². The molecule has 0 spiro atoms. The molecule has 0 radical (unpaired) electrons. The Balaban J connectivity index is -0.000000410. The summed E-state index contributed by atoms with van der Waals surface area (Å²) in [5, 5.41) is 16.7. The Bertz CT molecular complexity index is 444. The van der Waals surface area contributed by atoms with E-state index >= 15 is 0 Å². The van der Waals surface area contributed by atoms with Gasteiger partial charge in [0.25, 0.3) is 0 Å². The van der Waals surface area contributed by atoms with Crippen molar-refractivity contribution in [1.29, 1.82) is 0 Å². The molecule has 0 amide bonds. The van der Waals surface area contributed by atoms with Gasteiger partial charge in [0, 0.05) is 12.8 Å². The molecule has 1 fully saturated rings. The van der Waals surface area contributed by atoms with Gasteiger partial charge in [0.05, 0.1) is 0 Å². The Morgan fingerprint density at radius 1 is 0.667 bits per heavy atom. The smallest absolute Gasteiger partial charge is 0.676 e. The van der Waals surface area contributed by atoms with Crippen molar-refractivity contribution in [2.45, 2.75) is 144 Å². The summed E-state index contributed by atoms with van der Waals surface area (Å²) in [7, 11) is 0. The van der Waals surface area contributed by atoms with Crippen LogP contribution in [0.3, 0.4) is 0 Å². The van der Waals surface area contributed by atoms with Crippen LogP contribution in [-0.2, 0) is 30.7 Å². The van der Waals surface area contributed by atoms with E-state index in [1.807, 2.05) is 0 Å². The van der Waals surface area contributed by atoms with Gasteiger partial charge in [-0.15, -0.1) is 0 Å². The number of aliphatic carboxylic acids is 2. The number of carboxylic acid groups (broad SMARTS) is 2. The van der Waals surface area contributed by atoms with E-state index in [1.54, 1.807) is 0 Å². The molecule has 0 aliphatic heterocycles. The van der Waals surface area contributed by atoms with Crippen molar-refractivity contribution < 1.29 is 40.9 Å². The molecule has 0 saturated heterocycles. The topological polar surface area (TPSA) is 122 Å². The number of unbranched alkanes of at least 4 members (excludes halogenated alkanes) is 4. The minimum Gasteiger partial charge on any atom is -0.676 e. The van der Waals surface area contributed by atoms with Crippen LogP contribution in [0.4, 0.5) is 0 Å². The van der Waals surface area contributed by atoms with Gasteiger partial charge >= 0.3 is 33.0 Å². The van der Waals surface area contributed by atoms with Gasteiger partial charge in [-0.3, -0.25) is 9.59 Å². The van der Waals surface area contributed by atoms with Gasteiger partial charge in [-0.25, -0.2) is 0 Å². The Morgan fingerprint density at radius 2 is 0.970 bits per heavy atom. The third-order valence-corrected chi connectivity index (χ3v) is 5.40. The Morgan fingerprint density at radius 3 is 1.18 bits per heavy atom. The second-order valence-electron chi connectivity index (χ2n) is 11.5. The largest absolute Gasteiger partial charge is 2.00 e. The predicted molar refractivity (Wildman–Crippen MR) is 135 cm³/mol. The third kappa shape index (κ3) is 33.8. The van der Waals surface area contributed by atoms with Crippen molar-refractivity contribution in [3.8, 4) is 0 Å². The maximum atomic E-state index is 10.2. The fraction of sp³-hybridized carbons (Fsp3) is 0.923. The predicted octanol–water partition coefficient (Wildman–Crippen LogP) is 8.53. The Hall–Kier alpha value is -0.452. The molecular formula is C26H52N2O4Pt. The van der Waals surface area contributed by atoms with Crippen molar-refractivity contribution >= 4 is 11.9 Å². The fourth-order valence-electron chi connectivity index (χ4n) is 3.35. The monoisotopic (exact) mass is 651 g/mol.